The summed E-state index contributed by atoms with van der Waals surface area (Å²) in [6, 6.07) is -1.59. The summed E-state index contributed by atoms with van der Waals surface area (Å²) in [6.07, 6.45) is 6.69. The Morgan fingerprint density at radius 3 is 2.58 bits per heavy atom. The van der Waals surface area contributed by atoms with Gasteiger partial charge in [-0.15, -0.1) is 4.28 Å². The Morgan fingerprint density at radius 2 is 2.00 bits per heavy atom. The summed E-state index contributed by atoms with van der Waals surface area (Å²) >= 11 is 0. The molecule has 10 heteroatoms. The maximum atomic E-state index is 12.5. The summed E-state index contributed by atoms with van der Waals surface area (Å²) in [5.74, 6) is -0.185. The van der Waals surface area contributed by atoms with Crippen LogP contribution in [0.2, 0.25) is 0 Å². The minimum Gasteiger partial charge on any atom is -0.352 e. The molecule has 1 spiro atoms. The van der Waals surface area contributed by atoms with Gasteiger partial charge in [0.05, 0.1) is 6.04 Å². The normalized spacial score (nSPS) is 31.8. The molecule has 0 radical (unpaired) electrons. The lowest BCUT2D eigenvalue weighted by atomic mass is 9.54. The molecule has 2 N–H and O–H groups in total. The first-order chi connectivity index (χ1) is 11.3. The molecule has 134 valence electrons. The second-order valence-electron chi connectivity index (χ2n) is 7.48. The molecule has 4 aliphatic rings. The van der Waals surface area contributed by atoms with Crippen molar-refractivity contribution in [3.63, 3.8) is 0 Å². The number of hydrogen-bond acceptors (Lipinski definition) is 5. The Kier molecular flexibility index (Phi) is 3.56. The van der Waals surface area contributed by atoms with Crippen LogP contribution in [0.5, 0.6) is 0 Å². The quantitative estimate of drug-likeness (QED) is 0.704. The zero-order valence-electron chi connectivity index (χ0n) is 13.2. The van der Waals surface area contributed by atoms with E-state index in [1.165, 1.54) is 24.2 Å². The van der Waals surface area contributed by atoms with Gasteiger partial charge in [-0.25, -0.2) is 4.79 Å². The average Bonchev–Trinajstić information content (AvgIpc) is 2.64. The summed E-state index contributed by atoms with van der Waals surface area (Å²) in [5, 5.41) is 3.68. The largest absolute Gasteiger partial charge is 0.418 e. The molecule has 2 atom stereocenters. The molecule has 2 heterocycles. The maximum Gasteiger partial charge on any atom is 0.418 e. The highest BCUT2D eigenvalue weighted by Crippen LogP contribution is 2.55. The van der Waals surface area contributed by atoms with Crippen LogP contribution >= 0.6 is 0 Å². The third kappa shape index (κ3) is 2.66. The monoisotopic (exact) mass is 359 g/mol. The molecule has 2 saturated carbocycles. The Morgan fingerprint density at radius 1 is 1.29 bits per heavy atom. The zero-order valence-corrected chi connectivity index (χ0v) is 14.0. The van der Waals surface area contributed by atoms with Gasteiger partial charge >= 0.3 is 16.4 Å². The number of urea groups is 1. The van der Waals surface area contributed by atoms with Crippen LogP contribution in [0.15, 0.2) is 0 Å². The third-order valence-electron chi connectivity index (χ3n) is 5.92. The summed E-state index contributed by atoms with van der Waals surface area (Å²) in [5.41, 5.74) is 0.458. The number of carbonyl (C=O) groups excluding carboxylic acids is 2. The summed E-state index contributed by atoms with van der Waals surface area (Å²) in [4.78, 5) is 26.1. The highest BCUT2D eigenvalue weighted by atomic mass is 32.3. The Hall–Kier alpha value is -1.39. The van der Waals surface area contributed by atoms with Crippen LogP contribution in [0.1, 0.15) is 44.9 Å². The van der Waals surface area contributed by atoms with Crippen LogP contribution in [0, 0.1) is 5.41 Å². The number of fused-ring (bicyclic) bond motifs is 2. The standard InChI is InChI=1S/C14H21N3O6S/c18-12(15-9-6-14(7-9)4-1-5-14)11-3-2-10-8-16(11)13(19)17(10)23-24(20,21)22/h9-11H,1-8H2,(H,15,18)(H,20,21,22)/t10-,11+/m1/s1. The molecule has 9 nitrogen and oxygen atoms in total. The van der Waals surface area contributed by atoms with Gasteiger partial charge < -0.3 is 10.2 Å². The van der Waals surface area contributed by atoms with E-state index in [4.69, 9.17) is 4.55 Å². The SMILES string of the molecule is O=C(NC1CC2(CCC2)C1)[C@@H]1CC[C@@H]2CN1C(=O)N2OS(=O)(=O)O. The molecule has 3 amide bonds. The number of piperidine rings is 1. The van der Waals surface area contributed by atoms with Crippen molar-refractivity contribution < 1.29 is 26.8 Å². The number of rotatable bonds is 4. The molecule has 2 aliphatic heterocycles. The van der Waals surface area contributed by atoms with Gasteiger partial charge in [0.1, 0.15) is 6.04 Å². The van der Waals surface area contributed by atoms with E-state index in [0.717, 1.165) is 12.8 Å². The number of hydroxylamine groups is 2. The fourth-order valence-corrected chi connectivity index (χ4v) is 4.96. The van der Waals surface area contributed by atoms with Crippen LogP contribution in [0.25, 0.3) is 0 Å². The topological polar surface area (TPSA) is 116 Å². The molecular weight excluding hydrogens is 338 g/mol. The van der Waals surface area contributed by atoms with Crippen molar-refractivity contribution in [3.05, 3.63) is 0 Å². The van der Waals surface area contributed by atoms with E-state index in [2.05, 4.69) is 9.60 Å². The van der Waals surface area contributed by atoms with E-state index in [-0.39, 0.29) is 18.5 Å². The molecule has 2 aliphatic carbocycles. The van der Waals surface area contributed by atoms with Gasteiger partial charge in [-0.05, 0) is 43.9 Å². The van der Waals surface area contributed by atoms with Crippen LogP contribution in [0.4, 0.5) is 4.79 Å². The zero-order chi connectivity index (χ0) is 17.1. The van der Waals surface area contributed by atoms with E-state index in [9.17, 15) is 18.0 Å². The molecule has 24 heavy (non-hydrogen) atoms. The van der Waals surface area contributed by atoms with Crippen molar-refractivity contribution in [2.75, 3.05) is 6.54 Å². The predicted octanol–water partition coefficient (Wildman–Crippen LogP) is 0.438. The average molecular weight is 359 g/mol. The second kappa shape index (κ2) is 5.30. The van der Waals surface area contributed by atoms with Gasteiger partial charge in [-0.1, -0.05) is 6.42 Å². The molecule has 2 bridgehead atoms. The van der Waals surface area contributed by atoms with Crippen molar-refractivity contribution in [1.82, 2.24) is 15.3 Å². The molecule has 0 aromatic carbocycles. The van der Waals surface area contributed by atoms with Gasteiger partial charge in [-0.3, -0.25) is 9.35 Å². The van der Waals surface area contributed by atoms with E-state index >= 15 is 0 Å². The summed E-state index contributed by atoms with van der Waals surface area (Å²) in [7, 11) is -4.76. The summed E-state index contributed by atoms with van der Waals surface area (Å²) < 4.78 is 34.9. The van der Waals surface area contributed by atoms with Crippen LogP contribution in [0.3, 0.4) is 0 Å². The van der Waals surface area contributed by atoms with E-state index in [1.807, 2.05) is 0 Å². The minimum absolute atomic E-state index is 0.179. The lowest BCUT2D eigenvalue weighted by Gasteiger charge is -2.54. The highest BCUT2D eigenvalue weighted by Gasteiger charge is 2.52. The smallest absolute Gasteiger partial charge is 0.352 e. The second-order valence-corrected chi connectivity index (χ2v) is 8.48. The fourth-order valence-electron chi connectivity index (χ4n) is 4.57. The molecular formula is C14H21N3O6S. The lowest BCUT2D eigenvalue weighted by Crippen LogP contribution is -2.58. The first kappa shape index (κ1) is 16.1. The highest BCUT2D eigenvalue weighted by molar-refractivity contribution is 7.80. The van der Waals surface area contributed by atoms with Gasteiger partial charge in [-0.2, -0.15) is 13.5 Å². The number of hydrogen-bond donors (Lipinski definition) is 2. The number of carbonyl (C=O) groups is 2. The number of nitrogens with one attached hydrogen (secondary N) is 1. The summed E-state index contributed by atoms with van der Waals surface area (Å²) in [6.45, 7) is 0.223. The Balaban J connectivity index is 1.37. The van der Waals surface area contributed by atoms with Crippen LogP contribution in [-0.2, 0) is 19.5 Å². The predicted molar refractivity (Wildman–Crippen MR) is 80.8 cm³/mol. The van der Waals surface area contributed by atoms with Gasteiger partial charge in [0.15, 0.2) is 0 Å². The molecule has 0 unspecified atom stereocenters. The van der Waals surface area contributed by atoms with Gasteiger partial charge in [0.25, 0.3) is 0 Å². The Labute approximate surface area is 140 Å². The number of nitrogens with zero attached hydrogens (tertiary/aromatic N) is 2. The van der Waals surface area contributed by atoms with Gasteiger partial charge in [0.2, 0.25) is 5.91 Å². The Bertz CT molecular complexity index is 668. The minimum atomic E-state index is -4.76. The molecule has 0 aromatic rings. The number of amides is 3. The molecule has 4 fully saturated rings. The third-order valence-corrected chi connectivity index (χ3v) is 6.27. The molecule has 2 saturated heterocycles. The van der Waals surface area contributed by atoms with E-state index < -0.39 is 28.5 Å². The van der Waals surface area contributed by atoms with Crippen LogP contribution in [-0.4, -0.2) is 59.5 Å². The van der Waals surface area contributed by atoms with Crippen molar-refractivity contribution in [1.29, 1.82) is 0 Å². The maximum absolute atomic E-state index is 12.5. The molecule has 4 rings (SSSR count). The first-order valence-electron chi connectivity index (χ1n) is 8.34. The van der Waals surface area contributed by atoms with Crippen molar-refractivity contribution in [3.8, 4) is 0 Å². The lowest BCUT2D eigenvalue weighted by molar-refractivity contribution is -0.129. The van der Waals surface area contributed by atoms with Crippen LogP contribution < -0.4 is 5.32 Å². The van der Waals surface area contributed by atoms with Gasteiger partial charge in [0, 0.05) is 12.6 Å². The van der Waals surface area contributed by atoms with E-state index in [0.29, 0.717) is 23.3 Å². The molecule has 0 aromatic heterocycles. The van der Waals surface area contributed by atoms with Crippen molar-refractivity contribution >= 4 is 22.3 Å². The fraction of sp³-hybridized carbons (Fsp3) is 0.857. The van der Waals surface area contributed by atoms with Crippen molar-refractivity contribution in [2.45, 2.75) is 63.1 Å². The van der Waals surface area contributed by atoms with E-state index in [1.54, 1.807) is 0 Å². The van der Waals surface area contributed by atoms with Crippen molar-refractivity contribution in [2.24, 2.45) is 5.41 Å². The first-order valence-corrected chi connectivity index (χ1v) is 9.70.